The quantitative estimate of drug-likeness (QED) is 0.648. The summed E-state index contributed by atoms with van der Waals surface area (Å²) in [4.78, 5) is 22.7. The van der Waals surface area contributed by atoms with Crippen LogP contribution in [0.15, 0.2) is 48.5 Å². The number of ether oxygens (including phenoxy) is 1. The Bertz CT molecular complexity index is 642. The number of esters is 1. The average Bonchev–Trinajstić information content (AvgIpc) is 2.54. The van der Waals surface area contributed by atoms with Crippen molar-refractivity contribution >= 4 is 11.9 Å². The van der Waals surface area contributed by atoms with Crippen LogP contribution in [0.5, 0.6) is 5.75 Å². The summed E-state index contributed by atoms with van der Waals surface area (Å²) in [6.45, 7) is 2.14. The van der Waals surface area contributed by atoms with Crippen molar-refractivity contribution in [3.05, 3.63) is 65.2 Å². The van der Waals surface area contributed by atoms with Gasteiger partial charge in [-0.05, 0) is 54.8 Å². The van der Waals surface area contributed by atoms with E-state index in [1.165, 1.54) is 29.8 Å². The lowest BCUT2D eigenvalue weighted by Crippen LogP contribution is -2.09. The number of aryl methyl sites for hydroxylation is 1. The lowest BCUT2D eigenvalue weighted by molar-refractivity contribution is 0.0691. The Kier molecular flexibility index (Phi) is 5.31. The number of benzene rings is 2. The molecule has 1 N–H and O–H groups in total. The minimum Gasteiger partial charge on any atom is -0.478 e. The van der Waals surface area contributed by atoms with Crippen molar-refractivity contribution in [1.29, 1.82) is 0 Å². The third kappa shape index (κ3) is 4.19. The largest absolute Gasteiger partial charge is 0.478 e. The van der Waals surface area contributed by atoms with Gasteiger partial charge >= 0.3 is 11.9 Å². The predicted octanol–water partition coefficient (Wildman–Crippen LogP) is 3.95. The van der Waals surface area contributed by atoms with Gasteiger partial charge in [-0.15, -0.1) is 0 Å². The first-order valence-corrected chi connectivity index (χ1v) is 7.24. The van der Waals surface area contributed by atoms with E-state index in [-0.39, 0.29) is 5.56 Å². The van der Waals surface area contributed by atoms with Gasteiger partial charge in [0, 0.05) is 0 Å². The molecule has 0 aliphatic carbocycles. The van der Waals surface area contributed by atoms with Crippen LogP contribution in [0.25, 0.3) is 0 Å². The third-order valence-electron chi connectivity index (χ3n) is 3.32. The molecule has 4 heteroatoms. The summed E-state index contributed by atoms with van der Waals surface area (Å²) in [7, 11) is 0. The fourth-order valence-corrected chi connectivity index (χ4v) is 2.02. The van der Waals surface area contributed by atoms with Crippen molar-refractivity contribution in [2.75, 3.05) is 0 Å². The molecule has 0 aromatic heterocycles. The molecular weight excluding hydrogens is 280 g/mol. The van der Waals surface area contributed by atoms with Crippen molar-refractivity contribution < 1.29 is 19.4 Å². The first-order valence-electron chi connectivity index (χ1n) is 7.24. The molecule has 4 nitrogen and oxygen atoms in total. The van der Waals surface area contributed by atoms with Gasteiger partial charge in [0.05, 0.1) is 11.1 Å². The van der Waals surface area contributed by atoms with Crippen molar-refractivity contribution in [3.8, 4) is 5.75 Å². The minimum atomic E-state index is -1.03. The van der Waals surface area contributed by atoms with Gasteiger partial charge in [0.15, 0.2) is 0 Å². The van der Waals surface area contributed by atoms with E-state index < -0.39 is 11.9 Å². The lowest BCUT2D eigenvalue weighted by Gasteiger charge is -2.06. The molecule has 0 saturated carbocycles. The molecule has 0 fully saturated rings. The number of aromatic carboxylic acids is 1. The van der Waals surface area contributed by atoms with Crippen LogP contribution in [0.4, 0.5) is 0 Å². The predicted molar refractivity (Wildman–Crippen MR) is 83.4 cm³/mol. The zero-order chi connectivity index (χ0) is 15.9. The second-order valence-electron chi connectivity index (χ2n) is 5.02. The molecule has 0 unspecified atom stereocenters. The molecule has 2 aromatic carbocycles. The molecule has 0 aliphatic rings. The second kappa shape index (κ2) is 7.41. The summed E-state index contributed by atoms with van der Waals surface area (Å²) < 4.78 is 5.27. The van der Waals surface area contributed by atoms with Gasteiger partial charge < -0.3 is 9.84 Å². The second-order valence-corrected chi connectivity index (χ2v) is 5.02. The van der Waals surface area contributed by atoms with E-state index in [0.717, 1.165) is 19.3 Å². The number of rotatable bonds is 6. The van der Waals surface area contributed by atoms with Gasteiger partial charge in [-0.1, -0.05) is 25.5 Å². The number of unbranched alkanes of at least 4 members (excludes halogenated alkanes) is 1. The molecule has 0 bridgehead atoms. The Morgan fingerprint density at radius 3 is 2.09 bits per heavy atom. The fraction of sp³-hybridized carbons (Fsp3) is 0.222. The van der Waals surface area contributed by atoms with Crippen LogP contribution in [0.2, 0.25) is 0 Å². The van der Waals surface area contributed by atoms with Crippen LogP contribution in [0, 0.1) is 0 Å². The molecule has 0 saturated heterocycles. The van der Waals surface area contributed by atoms with Crippen LogP contribution in [0.3, 0.4) is 0 Å². The molecule has 2 rings (SSSR count). The van der Waals surface area contributed by atoms with E-state index in [2.05, 4.69) is 6.92 Å². The van der Waals surface area contributed by atoms with Crippen LogP contribution >= 0.6 is 0 Å². The van der Waals surface area contributed by atoms with Crippen LogP contribution in [-0.4, -0.2) is 17.0 Å². The summed E-state index contributed by atoms with van der Waals surface area (Å²) in [5.41, 5.74) is 1.67. The smallest absolute Gasteiger partial charge is 0.343 e. The van der Waals surface area contributed by atoms with Gasteiger partial charge in [-0.2, -0.15) is 0 Å². The maximum absolute atomic E-state index is 12.0. The minimum absolute atomic E-state index is 0.136. The highest BCUT2D eigenvalue weighted by molar-refractivity contribution is 5.93. The summed E-state index contributed by atoms with van der Waals surface area (Å²) in [6, 6.07) is 13.1. The Morgan fingerprint density at radius 2 is 1.55 bits per heavy atom. The van der Waals surface area contributed by atoms with E-state index in [1.807, 2.05) is 12.1 Å². The maximum Gasteiger partial charge on any atom is 0.343 e. The highest BCUT2D eigenvalue weighted by atomic mass is 16.5. The molecule has 0 atom stereocenters. The molecular formula is C18H18O4. The van der Waals surface area contributed by atoms with Gasteiger partial charge in [0.25, 0.3) is 0 Å². The summed E-state index contributed by atoms with van der Waals surface area (Å²) in [5, 5.41) is 8.82. The average molecular weight is 298 g/mol. The molecule has 22 heavy (non-hydrogen) atoms. The zero-order valence-corrected chi connectivity index (χ0v) is 12.4. The Morgan fingerprint density at radius 1 is 0.955 bits per heavy atom. The zero-order valence-electron chi connectivity index (χ0n) is 12.4. The SMILES string of the molecule is CCCCc1ccc(OC(=O)c2ccc(C(=O)O)cc2)cc1. The normalized spacial score (nSPS) is 10.2. The maximum atomic E-state index is 12.0. The van der Waals surface area contributed by atoms with E-state index in [4.69, 9.17) is 9.84 Å². The summed E-state index contributed by atoms with van der Waals surface area (Å²) >= 11 is 0. The van der Waals surface area contributed by atoms with Crippen LogP contribution in [-0.2, 0) is 6.42 Å². The summed E-state index contributed by atoms with van der Waals surface area (Å²) in [5.74, 6) is -1.05. The van der Waals surface area contributed by atoms with E-state index in [0.29, 0.717) is 11.3 Å². The van der Waals surface area contributed by atoms with Crippen molar-refractivity contribution in [2.24, 2.45) is 0 Å². The van der Waals surface area contributed by atoms with Gasteiger partial charge in [0.1, 0.15) is 5.75 Å². The highest BCUT2D eigenvalue weighted by Crippen LogP contribution is 2.16. The standard InChI is InChI=1S/C18H18O4/c1-2-3-4-13-5-11-16(12-6-13)22-18(21)15-9-7-14(8-10-15)17(19)20/h5-12H,2-4H2,1H3,(H,19,20). The number of carbonyl (C=O) groups is 2. The van der Waals surface area contributed by atoms with Crippen molar-refractivity contribution in [2.45, 2.75) is 26.2 Å². The molecule has 0 amide bonds. The third-order valence-corrected chi connectivity index (χ3v) is 3.32. The number of hydrogen-bond acceptors (Lipinski definition) is 3. The summed E-state index contributed by atoms with van der Waals surface area (Å²) in [6.07, 6.45) is 3.29. The van der Waals surface area contributed by atoms with Gasteiger partial charge in [-0.3, -0.25) is 0 Å². The Labute approximate surface area is 129 Å². The van der Waals surface area contributed by atoms with E-state index in [9.17, 15) is 9.59 Å². The van der Waals surface area contributed by atoms with Gasteiger partial charge in [-0.25, -0.2) is 9.59 Å². The number of carbonyl (C=O) groups excluding carboxylic acids is 1. The molecule has 114 valence electrons. The molecule has 0 spiro atoms. The first-order chi connectivity index (χ1) is 10.6. The highest BCUT2D eigenvalue weighted by Gasteiger charge is 2.10. The number of carboxylic acid groups (broad SMARTS) is 1. The van der Waals surface area contributed by atoms with Crippen molar-refractivity contribution in [3.63, 3.8) is 0 Å². The first kappa shape index (κ1) is 15.8. The van der Waals surface area contributed by atoms with Crippen LogP contribution in [0.1, 0.15) is 46.0 Å². The van der Waals surface area contributed by atoms with Gasteiger partial charge in [0.2, 0.25) is 0 Å². The lowest BCUT2D eigenvalue weighted by atomic mass is 10.1. The number of hydrogen-bond donors (Lipinski definition) is 1. The van der Waals surface area contributed by atoms with E-state index in [1.54, 1.807) is 12.1 Å². The van der Waals surface area contributed by atoms with Crippen LogP contribution < -0.4 is 4.74 Å². The molecule has 0 radical (unpaired) electrons. The molecule has 0 aliphatic heterocycles. The Hall–Kier alpha value is -2.62. The fourth-order valence-electron chi connectivity index (χ4n) is 2.02. The van der Waals surface area contributed by atoms with Crippen molar-refractivity contribution in [1.82, 2.24) is 0 Å². The van der Waals surface area contributed by atoms with E-state index >= 15 is 0 Å². The molecule has 0 heterocycles. The number of carboxylic acids is 1. The monoisotopic (exact) mass is 298 g/mol. The molecule has 2 aromatic rings. The Balaban J connectivity index is 2.00. The topological polar surface area (TPSA) is 63.6 Å².